The molecule has 6 aromatic carbocycles. The van der Waals surface area contributed by atoms with Gasteiger partial charge in [0.1, 0.15) is 0 Å². The fourth-order valence-corrected chi connectivity index (χ4v) is 12.9. The molecule has 0 amide bonds. The number of hydrogen-bond donors (Lipinski definition) is 1. The van der Waals surface area contributed by atoms with Crippen molar-refractivity contribution in [3.63, 3.8) is 0 Å². The fraction of sp³-hybridized carbons (Fsp3) is 0.0250. The van der Waals surface area contributed by atoms with E-state index >= 15 is 0 Å². The Kier molecular flexibility index (Phi) is 12.9. The Bertz CT molecular complexity index is 1970. The molecule has 0 radical (unpaired) electrons. The Labute approximate surface area is 325 Å². The number of carboxylic acid groups (broad SMARTS) is 1. The Morgan fingerprint density at radius 1 is 0.551 bits per heavy atom. The van der Waals surface area contributed by atoms with Crippen LogP contribution < -0.4 is 8.70 Å². The van der Waals surface area contributed by atoms with Crippen LogP contribution in [0.15, 0.2) is 152 Å². The molecule has 246 valence electrons. The third-order valence-corrected chi connectivity index (χ3v) is 17.2. The summed E-state index contributed by atoms with van der Waals surface area (Å²) in [4.78, 5) is 10.7. The van der Waals surface area contributed by atoms with Gasteiger partial charge in [0.25, 0.3) is 0 Å². The van der Waals surface area contributed by atoms with Gasteiger partial charge < -0.3 is 5.11 Å². The molecular weight excluding hydrogens is 840 g/mol. The molecule has 0 heterocycles. The van der Waals surface area contributed by atoms with Gasteiger partial charge in [0.15, 0.2) is 0 Å². The third kappa shape index (κ3) is 8.04. The van der Waals surface area contributed by atoms with Gasteiger partial charge in [0.05, 0.1) is 30.7 Å². The van der Waals surface area contributed by atoms with Crippen LogP contribution in [0.4, 0.5) is 0 Å². The van der Waals surface area contributed by atoms with Crippen LogP contribution in [-0.4, -0.2) is 42.6 Å². The van der Waals surface area contributed by atoms with Crippen LogP contribution in [-0.2, 0) is 4.20 Å². The van der Waals surface area contributed by atoms with Gasteiger partial charge in [-0.05, 0) is 0 Å². The first-order chi connectivity index (χ1) is 23.6. The maximum absolute atomic E-state index is 10.7. The van der Waals surface area contributed by atoms with E-state index in [1.54, 1.807) is 16.9 Å². The van der Waals surface area contributed by atoms with Crippen molar-refractivity contribution < 1.29 is 9.90 Å². The van der Waals surface area contributed by atoms with E-state index < -0.39 is 20.6 Å². The van der Waals surface area contributed by atoms with E-state index in [-0.39, 0.29) is 34.9 Å². The van der Waals surface area contributed by atoms with Gasteiger partial charge in [-0.25, -0.2) is 4.79 Å². The summed E-state index contributed by atoms with van der Waals surface area (Å²) in [6.07, 6.45) is 0. The molecular formula is C40H29As2Cl5O2. The number of hydrogen-bond acceptors (Lipinski definition) is 1. The molecule has 0 saturated carbocycles. The first kappa shape index (κ1) is 37.4. The van der Waals surface area contributed by atoms with E-state index in [0.29, 0.717) is 0 Å². The van der Waals surface area contributed by atoms with Crippen molar-refractivity contribution in [1.29, 1.82) is 0 Å². The summed E-state index contributed by atoms with van der Waals surface area (Å²) >= 11 is 28.0. The molecule has 0 aliphatic rings. The summed E-state index contributed by atoms with van der Waals surface area (Å²) in [6.45, 7) is 4.81. The molecule has 0 spiro atoms. The molecule has 6 aromatic rings. The molecule has 0 saturated heterocycles. The number of aromatic carboxylic acids is 1. The van der Waals surface area contributed by atoms with Crippen molar-refractivity contribution in [1.82, 2.24) is 0 Å². The third-order valence-electron chi connectivity index (χ3n) is 7.84. The quantitative estimate of drug-likeness (QED) is 0.0716. The predicted octanol–water partition coefficient (Wildman–Crippen LogP) is 10.1. The maximum atomic E-state index is 10.7. The van der Waals surface area contributed by atoms with Gasteiger partial charge in [-0.15, -0.1) is 0 Å². The first-order valence-corrected chi connectivity index (χ1v) is 20.8. The van der Waals surface area contributed by atoms with E-state index in [1.807, 2.05) is 0 Å². The second-order valence-electron chi connectivity index (χ2n) is 10.8. The molecule has 1 unspecified atom stereocenters. The average molecular weight is 869 g/mol. The normalized spacial score (nSPS) is 11.1. The van der Waals surface area contributed by atoms with Crippen molar-refractivity contribution >= 4 is 109 Å². The van der Waals surface area contributed by atoms with Gasteiger partial charge in [0.2, 0.25) is 0 Å². The summed E-state index contributed by atoms with van der Waals surface area (Å²) in [5.41, 5.74) is 4.87. The van der Waals surface area contributed by atoms with Gasteiger partial charge >= 0.3 is 229 Å². The van der Waals surface area contributed by atoms with Crippen molar-refractivity contribution in [2.24, 2.45) is 0 Å². The molecule has 1 N–H and O–H groups in total. The summed E-state index contributed by atoms with van der Waals surface area (Å²) in [7, 11) is 0. The van der Waals surface area contributed by atoms with Gasteiger partial charge in [-0.1, -0.05) is 58.0 Å². The van der Waals surface area contributed by atoms with Crippen molar-refractivity contribution in [3.05, 3.63) is 205 Å². The Morgan fingerprint density at radius 3 is 1.31 bits per heavy atom. The zero-order valence-corrected chi connectivity index (χ0v) is 33.9. The van der Waals surface area contributed by atoms with Crippen LogP contribution in [0, 0.1) is 0 Å². The minimum Gasteiger partial charge on any atom is -0.478 e. The minimum atomic E-state index is -1.84. The molecule has 0 aliphatic heterocycles. The van der Waals surface area contributed by atoms with Crippen molar-refractivity contribution in [2.75, 3.05) is 0 Å². The van der Waals surface area contributed by atoms with Gasteiger partial charge in [-0.2, -0.15) is 0 Å². The summed E-state index contributed by atoms with van der Waals surface area (Å²) in [5, 5.41) is 8.00. The average Bonchev–Trinajstić information content (AvgIpc) is 3.14. The maximum Gasteiger partial charge on any atom is 0.338 e. The largest absolute Gasteiger partial charge is 0.478 e. The molecule has 9 heteroatoms. The van der Waals surface area contributed by atoms with Crippen LogP contribution in [0.1, 0.15) is 32.6 Å². The fourth-order valence-electron chi connectivity index (χ4n) is 5.49. The number of halogens is 5. The van der Waals surface area contributed by atoms with Gasteiger partial charge in [0, 0.05) is 0 Å². The van der Waals surface area contributed by atoms with Gasteiger partial charge in [-0.3, -0.25) is 0 Å². The Hall–Kier alpha value is -2.90. The summed E-state index contributed by atoms with van der Waals surface area (Å²) in [6, 6.07) is 52.7. The van der Waals surface area contributed by atoms with E-state index in [0.717, 1.165) is 0 Å². The molecule has 1 atom stereocenters. The first-order valence-electron chi connectivity index (χ1n) is 14.9. The van der Waals surface area contributed by atoms with E-state index in [1.165, 1.54) is 35.3 Å². The SMILES string of the molecule is C=C(c1ccccc1C([AsH2])(c1ccccc1)c1ccccc1)[As](c1ccccc1)c1ccccc1.O=C(O)c1c(Cl)c(Cl)c(Cl)c(Cl)c1Cl. The second kappa shape index (κ2) is 16.9. The topological polar surface area (TPSA) is 37.3 Å². The zero-order chi connectivity index (χ0) is 35.1. The van der Waals surface area contributed by atoms with E-state index in [9.17, 15) is 4.79 Å². The number of carbonyl (C=O) groups is 1. The monoisotopic (exact) mass is 866 g/mol. The zero-order valence-electron chi connectivity index (χ0n) is 25.8. The van der Waals surface area contributed by atoms with Crippen LogP contribution in [0.5, 0.6) is 0 Å². The smallest absolute Gasteiger partial charge is 0.338 e. The predicted molar refractivity (Wildman–Crippen MR) is 213 cm³/mol. The summed E-state index contributed by atoms with van der Waals surface area (Å²) < 4.78 is 3.82. The van der Waals surface area contributed by atoms with Crippen molar-refractivity contribution in [3.8, 4) is 0 Å². The Morgan fingerprint density at radius 2 is 0.898 bits per heavy atom. The molecule has 49 heavy (non-hydrogen) atoms. The summed E-state index contributed by atoms with van der Waals surface area (Å²) in [5.74, 6) is -1.32. The number of benzene rings is 6. The van der Waals surface area contributed by atoms with Crippen molar-refractivity contribution in [2.45, 2.75) is 4.20 Å². The number of rotatable bonds is 8. The molecule has 0 aliphatic carbocycles. The van der Waals surface area contributed by atoms with Crippen LogP contribution in [0.25, 0.3) is 4.36 Å². The van der Waals surface area contributed by atoms with Crippen LogP contribution in [0.2, 0.25) is 25.1 Å². The molecule has 0 fully saturated rings. The Balaban J connectivity index is 0.000000281. The van der Waals surface area contributed by atoms with Crippen LogP contribution >= 0.6 is 58.0 Å². The standard InChI is InChI=1S/C33H28As2.C7HCl5O2/c1-26(35(29-20-10-4-11-21-29)30-22-12-5-13-23-30)31-24-14-15-25-32(31)33(34,27-16-6-2-7-17-27)28-18-8-3-9-19-28;8-2-1(7(13)14)3(9)5(11)6(12)4(2)10/h2-25H,1,34H2;(H,13,14). The number of carboxylic acids is 1. The van der Waals surface area contributed by atoms with Crippen LogP contribution in [0.3, 0.4) is 0 Å². The molecule has 2 nitrogen and oxygen atoms in total. The minimum absolute atomic E-state index is 0.0617. The molecule has 0 aromatic heterocycles. The molecule has 0 bridgehead atoms. The van der Waals surface area contributed by atoms with E-state index in [4.69, 9.17) is 69.7 Å². The molecule has 6 rings (SSSR count). The second-order valence-corrected chi connectivity index (χ2v) is 19.2. The van der Waals surface area contributed by atoms with E-state index in [2.05, 4.69) is 146 Å².